The summed E-state index contributed by atoms with van der Waals surface area (Å²) in [7, 11) is 1.73. The van der Waals surface area contributed by atoms with E-state index in [1.54, 1.807) is 21.3 Å². The van der Waals surface area contributed by atoms with E-state index >= 15 is 0 Å². The van der Waals surface area contributed by atoms with Crippen LogP contribution in [0.3, 0.4) is 0 Å². The number of rotatable bonds is 4. The SMILES string of the molecule is Cc1ccc([B]OC(C)(C)C(C)(C)O)c(C)c1. The summed E-state index contributed by atoms with van der Waals surface area (Å²) in [6, 6.07) is 6.21. The molecule has 0 saturated heterocycles. The highest BCUT2D eigenvalue weighted by molar-refractivity contribution is 6.47. The molecule has 0 aliphatic carbocycles. The lowest BCUT2D eigenvalue weighted by atomic mass is 9.80. The summed E-state index contributed by atoms with van der Waals surface area (Å²) in [6.45, 7) is 11.4. The third kappa shape index (κ3) is 3.58. The van der Waals surface area contributed by atoms with Gasteiger partial charge in [-0.3, -0.25) is 0 Å². The lowest BCUT2D eigenvalue weighted by Gasteiger charge is -2.37. The molecule has 93 valence electrons. The minimum atomic E-state index is -0.887. The molecule has 2 nitrogen and oxygen atoms in total. The van der Waals surface area contributed by atoms with E-state index in [9.17, 15) is 5.11 Å². The molecule has 0 heterocycles. The largest absolute Gasteiger partial charge is 0.427 e. The van der Waals surface area contributed by atoms with Gasteiger partial charge in [-0.05, 0) is 41.5 Å². The molecule has 0 fully saturated rings. The zero-order valence-corrected chi connectivity index (χ0v) is 11.7. The topological polar surface area (TPSA) is 29.5 Å². The molecule has 0 unspecified atom stereocenters. The van der Waals surface area contributed by atoms with Crippen molar-refractivity contribution < 1.29 is 9.76 Å². The smallest absolute Gasteiger partial charge is 0.331 e. The second-order valence-corrected chi connectivity index (χ2v) is 5.67. The summed E-state index contributed by atoms with van der Waals surface area (Å²) in [5.74, 6) is 0. The number of hydrogen-bond acceptors (Lipinski definition) is 2. The molecule has 0 aliphatic rings. The quantitative estimate of drug-likeness (QED) is 0.807. The molecule has 3 heteroatoms. The first kappa shape index (κ1) is 14.3. The van der Waals surface area contributed by atoms with E-state index in [0.29, 0.717) is 0 Å². The van der Waals surface area contributed by atoms with E-state index in [1.807, 2.05) is 19.9 Å². The predicted octanol–water partition coefficient (Wildman–Crippen LogP) is 2.11. The van der Waals surface area contributed by atoms with E-state index in [4.69, 9.17) is 4.65 Å². The van der Waals surface area contributed by atoms with E-state index < -0.39 is 11.2 Å². The molecular formula is C14H22BO2. The van der Waals surface area contributed by atoms with Gasteiger partial charge in [0.25, 0.3) is 0 Å². The molecule has 1 rings (SSSR count). The summed E-state index contributed by atoms with van der Waals surface area (Å²) < 4.78 is 5.73. The maximum absolute atomic E-state index is 9.99. The summed E-state index contributed by atoms with van der Waals surface area (Å²) >= 11 is 0. The lowest BCUT2D eigenvalue weighted by Crippen LogP contribution is -2.49. The van der Waals surface area contributed by atoms with Crippen molar-refractivity contribution in [2.75, 3.05) is 0 Å². The summed E-state index contributed by atoms with van der Waals surface area (Å²) in [5.41, 5.74) is 1.96. The van der Waals surface area contributed by atoms with Gasteiger partial charge in [-0.2, -0.15) is 0 Å². The number of aliphatic hydroxyl groups is 1. The van der Waals surface area contributed by atoms with E-state index in [2.05, 4.69) is 26.0 Å². The van der Waals surface area contributed by atoms with E-state index in [-0.39, 0.29) is 0 Å². The fourth-order valence-electron chi connectivity index (χ4n) is 1.31. The minimum Gasteiger partial charge on any atom is -0.427 e. The second kappa shape index (κ2) is 4.83. The van der Waals surface area contributed by atoms with Gasteiger partial charge in [0.2, 0.25) is 0 Å². The first-order chi connectivity index (χ1) is 7.63. The molecule has 0 amide bonds. The molecule has 0 bridgehead atoms. The predicted molar refractivity (Wildman–Crippen MR) is 72.8 cm³/mol. The Balaban J connectivity index is 2.74. The monoisotopic (exact) mass is 233 g/mol. The Hall–Kier alpha value is -0.795. The number of benzene rings is 1. The van der Waals surface area contributed by atoms with Crippen LogP contribution in [0.1, 0.15) is 38.8 Å². The van der Waals surface area contributed by atoms with Gasteiger partial charge in [-0.25, -0.2) is 0 Å². The second-order valence-electron chi connectivity index (χ2n) is 5.67. The molecule has 0 atom stereocenters. The van der Waals surface area contributed by atoms with Crippen molar-refractivity contribution in [2.45, 2.75) is 52.7 Å². The van der Waals surface area contributed by atoms with Crippen LogP contribution >= 0.6 is 0 Å². The molecule has 1 N–H and O–H groups in total. The molecule has 1 radical (unpaired) electrons. The zero-order chi connectivity index (χ0) is 13.3. The van der Waals surface area contributed by atoms with Crippen LogP contribution in [0.15, 0.2) is 18.2 Å². The Morgan fingerprint density at radius 3 is 2.18 bits per heavy atom. The van der Waals surface area contributed by atoms with Crippen molar-refractivity contribution in [3.05, 3.63) is 29.3 Å². The highest BCUT2D eigenvalue weighted by Crippen LogP contribution is 2.24. The van der Waals surface area contributed by atoms with Crippen LogP contribution in [0.4, 0.5) is 0 Å². The van der Waals surface area contributed by atoms with Gasteiger partial charge in [-0.1, -0.05) is 34.8 Å². The van der Waals surface area contributed by atoms with Crippen molar-refractivity contribution in [3.8, 4) is 0 Å². The fraction of sp³-hybridized carbons (Fsp3) is 0.571. The van der Waals surface area contributed by atoms with Crippen molar-refractivity contribution in [3.63, 3.8) is 0 Å². The van der Waals surface area contributed by atoms with Crippen molar-refractivity contribution in [2.24, 2.45) is 0 Å². The molecule has 1 aromatic carbocycles. The molecule has 0 saturated carbocycles. The third-order valence-electron chi connectivity index (χ3n) is 3.38. The van der Waals surface area contributed by atoms with Crippen LogP contribution in [0.2, 0.25) is 0 Å². The van der Waals surface area contributed by atoms with Crippen LogP contribution in [0, 0.1) is 13.8 Å². The van der Waals surface area contributed by atoms with Crippen molar-refractivity contribution >= 4 is 12.9 Å². The first-order valence-corrected chi connectivity index (χ1v) is 5.94. The Morgan fingerprint density at radius 1 is 1.12 bits per heavy atom. The van der Waals surface area contributed by atoms with Crippen LogP contribution in [0.5, 0.6) is 0 Å². The third-order valence-corrected chi connectivity index (χ3v) is 3.38. The molecule has 1 aromatic rings. The van der Waals surface area contributed by atoms with Crippen LogP contribution < -0.4 is 5.46 Å². The highest BCUT2D eigenvalue weighted by Gasteiger charge is 2.35. The minimum absolute atomic E-state index is 0.621. The van der Waals surface area contributed by atoms with Crippen molar-refractivity contribution in [1.29, 1.82) is 0 Å². The number of hydrogen-bond donors (Lipinski definition) is 1. The maximum atomic E-state index is 9.99. The van der Waals surface area contributed by atoms with Gasteiger partial charge >= 0.3 is 7.48 Å². The average Bonchev–Trinajstić information content (AvgIpc) is 2.14. The van der Waals surface area contributed by atoms with Crippen molar-refractivity contribution in [1.82, 2.24) is 0 Å². The van der Waals surface area contributed by atoms with Crippen LogP contribution in [-0.2, 0) is 4.65 Å². The molecule has 17 heavy (non-hydrogen) atoms. The zero-order valence-electron chi connectivity index (χ0n) is 11.7. The Kier molecular flexibility index (Phi) is 4.05. The van der Waals surface area contributed by atoms with Gasteiger partial charge in [0, 0.05) is 0 Å². The Labute approximate surface area is 105 Å². The molecular weight excluding hydrogens is 211 g/mol. The molecule has 0 spiro atoms. The van der Waals surface area contributed by atoms with Gasteiger partial charge in [0.05, 0.1) is 11.2 Å². The first-order valence-electron chi connectivity index (χ1n) is 5.94. The molecule has 0 aliphatic heterocycles. The van der Waals surface area contributed by atoms with Crippen LogP contribution in [-0.4, -0.2) is 23.8 Å². The normalized spacial score (nSPS) is 12.6. The summed E-state index contributed by atoms with van der Waals surface area (Å²) in [6.07, 6.45) is 0. The van der Waals surface area contributed by atoms with E-state index in [1.165, 1.54) is 11.1 Å². The number of aryl methyl sites for hydroxylation is 2. The molecule has 0 aromatic heterocycles. The van der Waals surface area contributed by atoms with Gasteiger partial charge in [0.15, 0.2) is 0 Å². The summed E-state index contributed by atoms with van der Waals surface area (Å²) in [4.78, 5) is 0. The average molecular weight is 233 g/mol. The summed E-state index contributed by atoms with van der Waals surface area (Å²) in [5, 5.41) is 9.99. The van der Waals surface area contributed by atoms with Gasteiger partial charge < -0.3 is 9.76 Å². The Bertz CT molecular complexity index is 392. The Morgan fingerprint density at radius 2 is 1.71 bits per heavy atom. The van der Waals surface area contributed by atoms with Gasteiger partial charge in [0.1, 0.15) is 0 Å². The van der Waals surface area contributed by atoms with E-state index in [0.717, 1.165) is 5.46 Å². The van der Waals surface area contributed by atoms with Crippen LogP contribution in [0.25, 0.3) is 0 Å². The standard InChI is InChI=1S/C14H22BO2/c1-10-7-8-12(11(2)9-10)15-17-14(5,6)13(3,4)16/h7-9,16H,1-6H3. The highest BCUT2D eigenvalue weighted by atomic mass is 16.5. The lowest BCUT2D eigenvalue weighted by molar-refractivity contribution is -0.0893. The maximum Gasteiger partial charge on any atom is 0.331 e. The van der Waals surface area contributed by atoms with Gasteiger partial charge in [-0.15, -0.1) is 0 Å². The fourth-order valence-corrected chi connectivity index (χ4v) is 1.31.